The maximum Gasteiger partial charge on any atom is 0.226 e. The smallest absolute Gasteiger partial charge is 0.226 e. The summed E-state index contributed by atoms with van der Waals surface area (Å²) in [5.41, 5.74) is 0.739. The molecule has 0 spiro atoms. The molecule has 4 saturated carbocycles. The van der Waals surface area contributed by atoms with Gasteiger partial charge in [0.15, 0.2) is 0 Å². The third-order valence-corrected chi connectivity index (χ3v) is 6.55. The summed E-state index contributed by atoms with van der Waals surface area (Å²) in [4.78, 5) is 17.1. The summed E-state index contributed by atoms with van der Waals surface area (Å²) in [6.07, 6.45) is 13.9. The van der Waals surface area contributed by atoms with Crippen LogP contribution in [0.25, 0.3) is 0 Å². The number of amides is 1. The number of aryl methyl sites for hydroxylation is 1. The lowest BCUT2D eigenvalue weighted by molar-refractivity contribution is -0.170. The predicted octanol–water partition coefficient (Wildman–Crippen LogP) is 3.39. The Morgan fingerprint density at radius 2 is 1.96 bits per heavy atom. The van der Waals surface area contributed by atoms with E-state index in [1.165, 1.54) is 19.3 Å². The standard InChI is InChI=1S/C19H29N3O/c1-17-8-15-9-18(2,11-17)13-19(10-15,12-17)16(23)21-4-3-6-22-7-5-20-14-22/h5,7,14-15H,3-4,6,8-13H2,1-2H3,(H,21,23)/t15?,17-,18-,19?/m0/s1. The van der Waals surface area contributed by atoms with Gasteiger partial charge in [-0.05, 0) is 61.7 Å². The van der Waals surface area contributed by atoms with Crippen LogP contribution in [0.15, 0.2) is 18.7 Å². The van der Waals surface area contributed by atoms with Gasteiger partial charge in [-0.3, -0.25) is 4.79 Å². The number of hydrogen-bond donors (Lipinski definition) is 1. The summed E-state index contributed by atoms with van der Waals surface area (Å²) < 4.78 is 2.07. The molecule has 1 amide bonds. The molecule has 4 aliphatic rings. The van der Waals surface area contributed by atoms with Crippen molar-refractivity contribution in [3.8, 4) is 0 Å². The van der Waals surface area contributed by atoms with Gasteiger partial charge in [0.25, 0.3) is 0 Å². The van der Waals surface area contributed by atoms with Gasteiger partial charge in [-0.25, -0.2) is 4.98 Å². The number of carbonyl (C=O) groups is 1. The minimum atomic E-state index is -0.0715. The Balaban J connectivity index is 1.38. The Morgan fingerprint density at radius 1 is 1.22 bits per heavy atom. The second-order valence-corrected chi connectivity index (χ2v) is 9.32. The average molecular weight is 315 g/mol. The SMILES string of the molecule is C[C@@]12CC3CC(C(=O)NCCCn4ccnc4)(C1)C[C@@](C)(C3)C2. The molecule has 0 radical (unpaired) electrons. The van der Waals surface area contributed by atoms with E-state index in [1.54, 1.807) is 6.20 Å². The van der Waals surface area contributed by atoms with Gasteiger partial charge in [0.05, 0.1) is 11.7 Å². The van der Waals surface area contributed by atoms with Crippen molar-refractivity contribution in [2.75, 3.05) is 6.54 Å². The number of carbonyl (C=O) groups excluding carboxylic acids is 1. The van der Waals surface area contributed by atoms with Crippen LogP contribution in [0.4, 0.5) is 0 Å². The number of hydrogen-bond acceptors (Lipinski definition) is 2. The molecule has 2 atom stereocenters. The fourth-order valence-electron chi connectivity index (χ4n) is 6.77. The second-order valence-electron chi connectivity index (χ2n) is 9.32. The Morgan fingerprint density at radius 3 is 2.57 bits per heavy atom. The molecule has 1 N–H and O–H groups in total. The second kappa shape index (κ2) is 5.09. The Bertz CT molecular complexity index is 576. The zero-order valence-electron chi connectivity index (χ0n) is 14.5. The summed E-state index contributed by atoms with van der Waals surface area (Å²) >= 11 is 0. The first-order valence-corrected chi connectivity index (χ1v) is 9.15. The molecule has 4 fully saturated rings. The third kappa shape index (κ3) is 2.70. The number of rotatable bonds is 5. The van der Waals surface area contributed by atoms with E-state index in [4.69, 9.17) is 0 Å². The normalized spacial score (nSPS) is 41.2. The summed E-state index contributed by atoms with van der Waals surface area (Å²) in [6.45, 7) is 6.55. The Labute approximate surface area is 139 Å². The van der Waals surface area contributed by atoms with E-state index in [-0.39, 0.29) is 5.41 Å². The van der Waals surface area contributed by atoms with E-state index >= 15 is 0 Å². The van der Waals surface area contributed by atoms with Crippen molar-refractivity contribution in [1.29, 1.82) is 0 Å². The Hall–Kier alpha value is -1.32. The highest BCUT2D eigenvalue weighted by molar-refractivity contribution is 5.83. The van der Waals surface area contributed by atoms with Crippen molar-refractivity contribution < 1.29 is 4.79 Å². The average Bonchev–Trinajstić information content (AvgIpc) is 2.92. The molecule has 5 rings (SSSR count). The molecular weight excluding hydrogens is 286 g/mol. The van der Waals surface area contributed by atoms with E-state index in [0.717, 1.165) is 44.7 Å². The van der Waals surface area contributed by atoms with Gasteiger partial charge in [-0.2, -0.15) is 0 Å². The first-order chi connectivity index (χ1) is 10.9. The van der Waals surface area contributed by atoms with Crippen molar-refractivity contribution in [3.63, 3.8) is 0 Å². The van der Waals surface area contributed by atoms with Gasteiger partial charge in [0, 0.05) is 25.5 Å². The molecule has 4 bridgehead atoms. The first kappa shape index (κ1) is 15.2. The van der Waals surface area contributed by atoms with Gasteiger partial charge in [-0.15, -0.1) is 0 Å². The van der Waals surface area contributed by atoms with Crippen molar-refractivity contribution in [2.24, 2.45) is 22.2 Å². The van der Waals surface area contributed by atoms with Crippen LogP contribution in [0.5, 0.6) is 0 Å². The van der Waals surface area contributed by atoms with Crippen molar-refractivity contribution in [3.05, 3.63) is 18.7 Å². The van der Waals surface area contributed by atoms with E-state index < -0.39 is 0 Å². The minimum Gasteiger partial charge on any atom is -0.356 e. The molecule has 23 heavy (non-hydrogen) atoms. The van der Waals surface area contributed by atoms with Gasteiger partial charge < -0.3 is 9.88 Å². The summed E-state index contributed by atoms with van der Waals surface area (Å²) in [5.74, 6) is 1.11. The maximum absolute atomic E-state index is 13.0. The minimum absolute atomic E-state index is 0.0715. The van der Waals surface area contributed by atoms with Crippen molar-refractivity contribution >= 4 is 5.91 Å². The van der Waals surface area contributed by atoms with Gasteiger partial charge in [-0.1, -0.05) is 13.8 Å². The molecule has 1 aromatic heterocycles. The molecule has 0 aliphatic heterocycles. The zero-order valence-corrected chi connectivity index (χ0v) is 14.5. The molecule has 0 unspecified atom stereocenters. The quantitative estimate of drug-likeness (QED) is 0.847. The highest BCUT2D eigenvalue weighted by atomic mass is 16.2. The van der Waals surface area contributed by atoms with E-state index in [9.17, 15) is 4.79 Å². The lowest BCUT2D eigenvalue weighted by Crippen LogP contribution is -2.59. The topological polar surface area (TPSA) is 46.9 Å². The molecule has 4 nitrogen and oxygen atoms in total. The van der Waals surface area contributed by atoms with Crippen LogP contribution < -0.4 is 5.32 Å². The van der Waals surface area contributed by atoms with Crippen LogP contribution in [0.2, 0.25) is 0 Å². The number of nitrogens with zero attached hydrogens (tertiary/aromatic N) is 2. The fraction of sp³-hybridized carbons (Fsp3) is 0.789. The van der Waals surface area contributed by atoms with E-state index in [2.05, 4.69) is 28.7 Å². The Kier molecular flexibility index (Phi) is 3.37. The molecule has 0 aromatic carbocycles. The van der Waals surface area contributed by atoms with Crippen molar-refractivity contribution in [1.82, 2.24) is 14.9 Å². The fourth-order valence-corrected chi connectivity index (χ4v) is 6.77. The highest BCUT2D eigenvalue weighted by Gasteiger charge is 2.62. The zero-order chi connectivity index (χ0) is 16.1. The highest BCUT2D eigenvalue weighted by Crippen LogP contribution is 2.69. The van der Waals surface area contributed by atoms with Crippen LogP contribution in [0.1, 0.15) is 58.8 Å². The molecule has 126 valence electrons. The number of nitrogens with one attached hydrogen (secondary N) is 1. The maximum atomic E-state index is 13.0. The number of aromatic nitrogens is 2. The molecule has 4 aliphatic carbocycles. The largest absolute Gasteiger partial charge is 0.356 e. The molecular formula is C19H29N3O. The number of imidazole rings is 1. The van der Waals surface area contributed by atoms with Crippen LogP contribution in [-0.2, 0) is 11.3 Å². The van der Waals surface area contributed by atoms with Gasteiger partial charge in [0.2, 0.25) is 5.91 Å². The van der Waals surface area contributed by atoms with Crippen molar-refractivity contribution in [2.45, 2.75) is 65.3 Å². The molecule has 0 saturated heterocycles. The van der Waals surface area contributed by atoms with Crippen LogP contribution in [0, 0.1) is 22.2 Å². The van der Waals surface area contributed by atoms with Crippen LogP contribution >= 0.6 is 0 Å². The monoisotopic (exact) mass is 315 g/mol. The van der Waals surface area contributed by atoms with Crippen LogP contribution in [0.3, 0.4) is 0 Å². The van der Waals surface area contributed by atoms with E-state index in [0.29, 0.717) is 16.7 Å². The molecule has 1 heterocycles. The summed E-state index contributed by atoms with van der Waals surface area (Å²) in [7, 11) is 0. The lowest BCUT2D eigenvalue weighted by Gasteiger charge is -2.64. The third-order valence-electron chi connectivity index (χ3n) is 6.55. The van der Waals surface area contributed by atoms with E-state index in [1.807, 2.05) is 12.5 Å². The molecule has 4 heteroatoms. The summed E-state index contributed by atoms with van der Waals surface area (Å²) in [6, 6.07) is 0. The van der Waals surface area contributed by atoms with Crippen LogP contribution in [-0.4, -0.2) is 22.0 Å². The molecule has 1 aromatic rings. The lowest BCUT2D eigenvalue weighted by atomic mass is 9.40. The van der Waals surface area contributed by atoms with Gasteiger partial charge >= 0.3 is 0 Å². The predicted molar refractivity (Wildman–Crippen MR) is 89.7 cm³/mol. The van der Waals surface area contributed by atoms with Gasteiger partial charge in [0.1, 0.15) is 0 Å². The summed E-state index contributed by atoms with van der Waals surface area (Å²) in [5, 5.41) is 3.26. The first-order valence-electron chi connectivity index (χ1n) is 9.15.